The maximum Gasteiger partial charge on any atom is 0.322 e. The highest BCUT2D eigenvalue weighted by Crippen LogP contribution is 2.33. The number of benzene rings is 2. The number of nitriles is 1. The molecule has 0 saturated heterocycles. The first-order chi connectivity index (χ1) is 17.4. The van der Waals surface area contributed by atoms with E-state index in [1.54, 1.807) is 40.5 Å². The van der Waals surface area contributed by atoms with Gasteiger partial charge in [-0.1, -0.05) is 26.0 Å². The Morgan fingerprint density at radius 2 is 1.83 bits per heavy atom. The number of hydrogen-bond acceptors (Lipinski definition) is 6. The first-order valence-electron chi connectivity index (χ1n) is 11.7. The molecule has 8 nitrogen and oxygen atoms in total. The lowest BCUT2D eigenvalue weighted by molar-refractivity contribution is -0.133. The first-order valence-corrected chi connectivity index (χ1v) is 12.5. The number of carbonyl (C=O) groups excluding carboxylic acids is 2. The second-order valence-corrected chi connectivity index (χ2v) is 9.94. The van der Waals surface area contributed by atoms with Gasteiger partial charge in [0.1, 0.15) is 6.54 Å². The Kier molecular flexibility index (Phi) is 8.08. The lowest BCUT2D eigenvalue weighted by Crippen LogP contribution is -2.45. The molecule has 3 amide bonds. The van der Waals surface area contributed by atoms with Gasteiger partial charge in [0.05, 0.1) is 18.2 Å². The van der Waals surface area contributed by atoms with E-state index in [1.807, 2.05) is 49.6 Å². The van der Waals surface area contributed by atoms with Gasteiger partial charge >= 0.3 is 6.03 Å². The predicted octanol–water partition coefficient (Wildman–Crippen LogP) is 5.07. The number of ether oxygens (including phenoxy) is 2. The largest absolute Gasteiger partial charge is 0.454 e. The lowest BCUT2D eigenvalue weighted by atomic mass is 10.1. The molecule has 36 heavy (non-hydrogen) atoms. The van der Waals surface area contributed by atoms with Crippen molar-refractivity contribution in [1.82, 2.24) is 9.80 Å². The van der Waals surface area contributed by atoms with Crippen LogP contribution in [0.15, 0.2) is 60.0 Å². The molecule has 1 aliphatic heterocycles. The zero-order valence-electron chi connectivity index (χ0n) is 20.3. The molecule has 0 atom stereocenters. The van der Waals surface area contributed by atoms with Crippen LogP contribution < -0.4 is 14.8 Å². The van der Waals surface area contributed by atoms with Crippen molar-refractivity contribution < 1.29 is 19.1 Å². The van der Waals surface area contributed by atoms with Gasteiger partial charge in [-0.05, 0) is 59.3 Å². The molecule has 0 aliphatic carbocycles. The molecule has 4 rings (SSSR count). The van der Waals surface area contributed by atoms with Crippen LogP contribution in [0, 0.1) is 17.2 Å². The number of fused-ring (bicyclic) bond motifs is 1. The van der Waals surface area contributed by atoms with Crippen LogP contribution in [0.25, 0.3) is 0 Å². The fourth-order valence-electron chi connectivity index (χ4n) is 3.84. The highest BCUT2D eigenvalue weighted by atomic mass is 32.1. The van der Waals surface area contributed by atoms with Gasteiger partial charge < -0.3 is 24.6 Å². The third-order valence-corrected chi connectivity index (χ3v) is 6.42. The Morgan fingerprint density at radius 1 is 1.06 bits per heavy atom. The van der Waals surface area contributed by atoms with Crippen molar-refractivity contribution in [3.8, 4) is 17.6 Å². The van der Waals surface area contributed by atoms with E-state index in [0.717, 1.165) is 10.4 Å². The Bertz CT molecular complexity index is 1240. The molecule has 2 heterocycles. The summed E-state index contributed by atoms with van der Waals surface area (Å²) in [5.41, 5.74) is 1.99. The van der Waals surface area contributed by atoms with Crippen LogP contribution in [0.5, 0.6) is 11.5 Å². The van der Waals surface area contributed by atoms with Crippen molar-refractivity contribution >= 4 is 29.0 Å². The van der Waals surface area contributed by atoms with E-state index in [0.29, 0.717) is 42.4 Å². The normalized spacial score (nSPS) is 11.7. The fourth-order valence-corrected chi connectivity index (χ4v) is 4.56. The molecule has 0 unspecified atom stereocenters. The van der Waals surface area contributed by atoms with Crippen molar-refractivity contribution in [2.45, 2.75) is 26.9 Å². The molecule has 1 aromatic heterocycles. The molecule has 1 N–H and O–H groups in total. The predicted molar refractivity (Wildman–Crippen MR) is 138 cm³/mol. The number of nitrogens with one attached hydrogen (secondary N) is 1. The van der Waals surface area contributed by atoms with E-state index < -0.39 is 0 Å². The SMILES string of the molecule is CC(C)CN(CC(=O)N(Cc1ccc2c(c1)OCO2)Cc1cccs1)C(=O)Nc1ccc(C#N)cc1. The van der Waals surface area contributed by atoms with Crippen LogP contribution in [0.4, 0.5) is 10.5 Å². The number of nitrogens with zero attached hydrogens (tertiary/aromatic N) is 3. The first kappa shape index (κ1) is 25.1. The molecule has 3 aromatic rings. The number of anilines is 1. The second-order valence-electron chi connectivity index (χ2n) is 8.91. The van der Waals surface area contributed by atoms with Crippen LogP contribution in [0.3, 0.4) is 0 Å². The molecule has 0 bridgehead atoms. The van der Waals surface area contributed by atoms with Crippen LogP contribution in [-0.4, -0.2) is 41.6 Å². The van der Waals surface area contributed by atoms with Crippen LogP contribution in [0.2, 0.25) is 0 Å². The Labute approximate surface area is 214 Å². The smallest absolute Gasteiger partial charge is 0.322 e. The molecule has 0 saturated carbocycles. The summed E-state index contributed by atoms with van der Waals surface area (Å²) in [4.78, 5) is 31.0. The molecular formula is C27H28N4O4S. The van der Waals surface area contributed by atoms with E-state index in [2.05, 4.69) is 11.4 Å². The number of thiophene rings is 1. The number of urea groups is 1. The van der Waals surface area contributed by atoms with Crippen LogP contribution in [-0.2, 0) is 17.9 Å². The third kappa shape index (κ3) is 6.55. The summed E-state index contributed by atoms with van der Waals surface area (Å²) < 4.78 is 10.9. The average molecular weight is 505 g/mol. The van der Waals surface area contributed by atoms with Gasteiger partial charge in [0.15, 0.2) is 11.5 Å². The standard InChI is InChI=1S/C27H28N4O4S/c1-19(2)14-31(27(33)29-22-8-5-20(13-28)6-9-22)17-26(32)30(16-23-4-3-11-36-23)15-21-7-10-24-25(12-21)35-18-34-24/h3-12,19H,14-18H2,1-2H3,(H,29,33). The fraction of sp³-hybridized carbons (Fsp3) is 0.296. The Balaban J connectivity index is 1.49. The molecule has 186 valence electrons. The minimum Gasteiger partial charge on any atom is -0.454 e. The third-order valence-electron chi connectivity index (χ3n) is 5.55. The van der Waals surface area contributed by atoms with Crippen LogP contribution >= 0.6 is 11.3 Å². The summed E-state index contributed by atoms with van der Waals surface area (Å²) in [7, 11) is 0. The van der Waals surface area contributed by atoms with Gasteiger partial charge in [0.25, 0.3) is 0 Å². The van der Waals surface area contributed by atoms with Crippen molar-refractivity contribution in [1.29, 1.82) is 5.26 Å². The van der Waals surface area contributed by atoms with Gasteiger partial charge in [-0.15, -0.1) is 11.3 Å². The number of amides is 3. The van der Waals surface area contributed by atoms with Crippen LogP contribution in [0.1, 0.15) is 29.9 Å². The van der Waals surface area contributed by atoms with Gasteiger partial charge in [-0.2, -0.15) is 5.26 Å². The quantitative estimate of drug-likeness (QED) is 0.439. The van der Waals surface area contributed by atoms with Crippen molar-refractivity contribution in [2.75, 3.05) is 25.2 Å². The summed E-state index contributed by atoms with van der Waals surface area (Å²) in [6.07, 6.45) is 0. The van der Waals surface area contributed by atoms with E-state index in [4.69, 9.17) is 14.7 Å². The Hall–Kier alpha value is -4.03. The zero-order chi connectivity index (χ0) is 25.5. The molecule has 9 heteroatoms. The maximum atomic E-state index is 13.6. The van der Waals surface area contributed by atoms with E-state index >= 15 is 0 Å². The van der Waals surface area contributed by atoms with Gasteiger partial charge in [0.2, 0.25) is 12.7 Å². The summed E-state index contributed by atoms with van der Waals surface area (Å²) in [6, 6.07) is 17.9. The summed E-state index contributed by atoms with van der Waals surface area (Å²) in [6.45, 7) is 5.37. The van der Waals surface area contributed by atoms with E-state index in [9.17, 15) is 9.59 Å². The van der Waals surface area contributed by atoms with Crippen molar-refractivity contribution in [2.24, 2.45) is 5.92 Å². The second kappa shape index (κ2) is 11.6. The van der Waals surface area contributed by atoms with E-state index in [-0.39, 0.29) is 31.2 Å². The summed E-state index contributed by atoms with van der Waals surface area (Å²) >= 11 is 1.59. The molecule has 0 spiro atoms. The summed E-state index contributed by atoms with van der Waals surface area (Å²) in [5.74, 6) is 1.37. The highest BCUT2D eigenvalue weighted by Gasteiger charge is 2.24. The number of hydrogen-bond donors (Lipinski definition) is 1. The topological polar surface area (TPSA) is 94.9 Å². The molecule has 0 fully saturated rings. The van der Waals surface area contributed by atoms with Crippen molar-refractivity contribution in [3.63, 3.8) is 0 Å². The molecular weight excluding hydrogens is 476 g/mol. The maximum absolute atomic E-state index is 13.6. The minimum absolute atomic E-state index is 0.0593. The Morgan fingerprint density at radius 3 is 2.53 bits per heavy atom. The zero-order valence-corrected chi connectivity index (χ0v) is 21.1. The molecule has 0 radical (unpaired) electrons. The van der Waals surface area contributed by atoms with Gasteiger partial charge in [-0.3, -0.25) is 4.79 Å². The van der Waals surface area contributed by atoms with Gasteiger partial charge in [-0.25, -0.2) is 4.79 Å². The highest BCUT2D eigenvalue weighted by molar-refractivity contribution is 7.09. The summed E-state index contributed by atoms with van der Waals surface area (Å²) in [5, 5.41) is 13.8. The molecule has 2 aromatic carbocycles. The monoisotopic (exact) mass is 504 g/mol. The average Bonchev–Trinajstić information content (AvgIpc) is 3.55. The number of carbonyl (C=O) groups is 2. The van der Waals surface area contributed by atoms with Gasteiger partial charge in [0, 0.05) is 23.7 Å². The minimum atomic E-state index is -0.360. The van der Waals surface area contributed by atoms with E-state index in [1.165, 1.54) is 4.90 Å². The lowest BCUT2D eigenvalue weighted by Gasteiger charge is -2.29. The number of rotatable bonds is 9. The van der Waals surface area contributed by atoms with Crippen molar-refractivity contribution in [3.05, 3.63) is 76.0 Å². The molecule has 1 aliphatic rings.